The second-order valence-corrected chi connectivity index (χ2v) is 13.3. The lowest BCUT2D eigenvalue weighted by Crippen LogP contribution is -2.28. The molecule has 240 valence electrons. The molecule has 2 nitrogen and oxygen atoms in total. The van der Waals surface area contributed by atoms with Gasteiger partial charge in [-0.05, 0) is 87.0 Å². The van der Waals surface area contributed by atoms with Crippen molar-refractivity contribution >= 4 is 39.0 Å². The van der Waals surface area contributed by atoms with Crippen molar-refractivity contribution in [2.45, 2.75) is 5.41 Å². The number of rotatable bonds is 6. The third-order valence-electron chi connectivity index (χ3n) is 10.5. The summed E-state index contributed by atoms with van der Waals surface area (Å²) in [7, 11) is 0. The molecule has 0 spiro atoms. The predicted molar refractivity (Wildman–Crippen MR) is 211 cm³/mol. The van der Waals surface area contributed by atoms with E-state index in [-0.39, 0.29) is 0 Å². The topological polar surface area (TPSA) is 16.4 Å². The summed E-state index contributed by atoms with van der Waals surface area (Å²) in [5.41, 5.74) is 14.4. The standard InChI is InChI=1S/C49H33NO/c1-3-15-34(16-4-1)35-17-13-21-38(31-35)50(40-29-30-44-43-25-9-12-28-47(43)51-48(44)33-40)39-22-14-20-37(32-39)49(36-18-5-2-6-19-36)45-26-10-7-23-41(45)42-24-8-11-27-46(42)49/h1-33H. The Labute approximate surface area is 297 Å². The molecule has 1 aliphatic rings. The molecule has 0 fully saturated rings. The number of furan rings is 1. The first-order chi connectivity index (χ1) is 25.3. The molecule has 0 aliphatic heterocycles. The molecular formula is C49H33NO. The summed E-state index contributed by atoms with van der Waals surface area (Å²) >= 11 is 0. The fraction of sp³-hybridized carbons (Fsp3) is 0.0204. The van der Waals surface area contributed by atoms with Crippen molar-refractivity contribution in [3.8, 4) is 22.3 Å². The molecule has 51 heavy (non-hydrogen) atoms. The van der Waals surface area contributed by atoms with Crippen molar-refractivity contribution in [1.29, 1.82) is 0 Å². The van der Waals surface area contributed by atoms with Crippen LogP contribution in [0.1, 0.15) is 22.3 Å². The molecule has 1 heterocycles. The third-order valence-corrected chi connectivity index (χ3v) is 10.5. The fourth-order valence-electron chi connectivity index (χ4n) is 8.35. The molecule has 8 aromatic carbocycles. The first-order valence-corrected chi connectivity index (χ1v) is 17.5. The summed E-state index contributed by atoms with van der Waals surface area (Å²) in [6, 6.07) is 72.3. The van der Waals surface area contributed by atoms with Gasteiger partial charge in [0.1, 0.15) is 11.2 Å². The van der Waals surface area contributed by atoms with Crippen LogP contribution in [0.25, 0.3) is 44.2 Å². The average Bonchev–Trinajstić information content (AvgIpc) is 3.73. The van der Waals surface area contributed by atoms with Gasteiger partial charge >= 0.3 is 0 Å². The molecule has 0 atom stereocenters. The quantitative estimate of drug-likeness (QED) is 0.178. The van der Waals surface area contributed by atoms with Gasteiger partial charge in [-0.2, -0.15) is 0 Å². The first-order valence-electron chi connectivity index (χ1n) is 17.5. The van der Waals surface area contributed by atoms with E-state index in [1.807, 2.05) is 12.1 Å². The van der Waals surface area contributed by atoms with Gasteiger partial charge in [-0.15, -0.1) is 0 Å². The molecule has 2 heteroatoms. The number of benzene rings is 8. The van der Waals surface area contributed by atoms with Gasteiger partial charge in [0.15, 0.2) is 0 Å². The molecule has 0 saturated carbocycles. The predicted octanol–water partition coefficient (Wildman–Crippen LogP) is 13.1. The van der Waals surface area contributed by atoms with E-state index >= 15 is 0 Å². The number of fused-ring (bicyclic) bond motifs is 6. The lowest BCUT2D eigenvalue weighted by molar-refractivity contribution is 0.669. The van der Waals surface area contributed by atoms with E-state index in [4.69, 9.17) is 4.42 Å². The smallest absolute Gasteiger partial charge is 0.137 e. The Morgan fingerprint density at radius 2 is 0.902 bits per heavy atom. The number of anilines is 3. The molecule has 0 saturated heterocycles. The maximum absolute atomic E-state index is 6.44. The Morgan fingerprint density at radius 3 is 1.67 bits per heavy atom. The molecule has 0 amide bonds. The summed E-state index contributed by atoms with van der Waals surface area (Å²) in [5.74, 6) is 0. The van der Waals surface area contributed by atoms with E-state index in [1.165, 1.54) is 44.5 Å². The Kier molecular flexibility index (Phi) is 6.75. The van der Waals surface area contributed by atoms with Crippen LogP contribution in [0.4, 0.5) is 17.1 Å². The second-order valence-electron chi connectivity index (χ2n) is 13.3. The van der Waals surface area contributed by atoms with Crippen LogP contribution >= 0.6 is 0 Å². The maximum Gasteiger partial charge on any atom is 0.137 e. The Morgan fingerprint density at radius 1 is 0.353 bits per heavy atom. The van der Waals surface area contributed by atoms with Crippen molar-refractivity contribution in [3.63, 3.8) is 0 Å². The molecule has 0 radical (unpaired) electrons. The number of para-hydroxylation sites is 1. The van der Waals surface area contributed by atoms with Gasteiger partial charge < -0.3 is 9.32 Å². The van der Waals surface area contributed by atoms with Crippen LogP contribution in [0.3, 0.4) is 0 Å². The van der Waals surface area contributed by atoms with Crippen LogP contribution < -0.4 is 4.90 Å². The van der Waals surface area contributed by atoms with Crippen molar-refractivity contribution in [1.82, 2.24) is 0 Å². The van der Waals surface area contributed by atoms with E-state index in [2.05, 4.69) is 193 Å². The lowest BCUT2D eigenvalue weighted by atomic mass is 9.67. The van der Waals surface area contributed by atoms with Gasteiger partial charge in [-0.1, -0.05) is 152 Å². The number of hydrogen-bond acceptors (Lipinski definition) is 2. The molecule has 0 bridgehead atoms. The van der Waals surface area contributed by atoms with Crippen molar-refractivity contribution in [2.75, 3.05) is 4.90 Å². The van der Waals surface area contributed by atoms with Crippen molar-refractivity contribution in [3.05, 3.63) is 222 Å². The van der Waals surface area contributed by atoms with Gasteiger partial charge in [0.2, 0.25) is 0 Å². The van der Waals surface area contributed by atoms with Crippen LogP contribution in [-0.2, 0) is 5.41 Å². The van der Waals surface area contributed by atoms with Gasteiger partial charge in [0, 0.05) is 33.9 Å². The van der Waals surface area contributed by atoms with Crippen LogP contribution in [0.2, 0.25) is 0 Å². The van der Waals surface area contributed by atoms with E-state index in [1.54, 1.807) is 0 Å². The summed E-state index contributed by atoms with van der Waals surface area (Å²) in [6.45, 7) is 0. The van der Waals surface area contributed by atoms with Gasteiger partial charge in [-0.25, -0.2) is 0 Å². The second kappa shape index (κ2) is 11.8. The minimum absolute atomic E-state index is 0.495. The zero-order valence-electron chi connectivity index (χ0n) is 27.9. The number of hydrogen-bond donors (Lipinski definition) is 0. The van der Waals surface area contributed by atoms with E-state index in [0.29, 0.717) is 0 Å². The zero-order valence-corrected chi connectivity index (χ0v) is 27.9. The lowest BCUT2D eigenvalue weighted by Gasteiger charge is -2.35. The Bertz CT molecular complexity index is 2660. The highest BCUT2D eigenvalue weighted by atomic mass is 16.3. The highest BCUT2D eigenvalue weighted by molar-refractivity contribution is 6.06. The Balaban J connectivity index is 1.22. The molecule has 10 rings (SSSR count). The summed E-state index contributed by atoms with van der Waals surface area (Å²) in [6.07, 6.45) is 0. The SMILES string of the molecule is c1ccc(-c2cccc(N(c3cccc(C4(c5ccccc5)c5ccccc5-c5ccccc54)c3)c3ccc4c(c3)oc3ccccc34)c2)cc1. The van der Waals surface area contributed by atoms with Gasteiger partial charge in [-0.3, -0.25) is 0 Å². The largest absolute Gasteiger partial charge is 0.456 e. The first kappa shape index (κ1) is 29.3. The van der Waals surface area contributed by atoms with Crippen LogP contribution in [-0.4, -0.2) is 0 Å². The number of nitrogens with zero attached hydrogens (tertiary/aromatic N) is 1. The zero-order chi connectivity index (χ0) is 33.8. The molecule has 0 N–H and O–H groups in total. The minimum Gasteiger partial charge on any atom is -0.456 e. The Hall–Kier alpha value is -6.64. The fourth-order valence-corrected chi connectivity index (χ4v) is 8.35. The van der Waals surface area contributed by atoms with E-state index in [9.17, 15) is 0 Å². The third kappa shape index (κ3) is 4.57. The molecule has 9 aromatic rings. The molecule has 1 aliphatic carbocycles. The normalized spacial score (nSPS) is 12.9. The van der Waals surface area contributed by atoms with Gasteiger partial charge in [0.05, 0.1) is 5.41 Å². The molecule has 0 unspecified atom stereocenters. The average molecular weight is 652 g/mol. The molecular weight excluding hydrogens is 619 g/mol. The minimum atomic E-state index is -0.495. The highest BCUT2D eigenvalue weighted by Crippen LogP contribution is 2.56. The van der Waals surface area contributed by atoms with E-state index in [0.717, 1.165) is 39.0 Å². The summed E-state index contributed by atoms with van der Waals surface area (Å²) in [4.78, 5) is 2.37. The van der Waals surface area contributed by atoms with Crippen LogP contribution in [0.15, 0.2) is 205 Å². The van der Waals surface area contributed by atoms with Crippen LogP contribution in [0.5, 0.6) is 0 Å². The molecule has 1 aromatic heterocycles. The van der Waals surface area contributed by atoms with Gasteiger partial charge in [0.25, 0.3) is 0 Å². The van der Waals surface area contributed by atoms with Crippen LogP contribution in [0, 0.1) is 0 Å². The van der Waals surface area contributed by atoms with E-state index < -0.39 is 5.41 Å². The maximum atomic E-state index is 6.44. The highest BCUT2D eigenvalue weighted by Gasteiger charge is 2.46. The monoisotopic (exact) mass is 651 g/mol. The van der Waals surface area contributed by atoms with Crippen molar-refractivity contribution < 1.29 is 4.42 Å². The summed E-state index contributed by atoms with van der Waals surface area (Å²) < 4.78 is 6.44. The van der Waals surface area contributed by atoms with Crippen molar-refractivity contribution in [2.24, 2.45) is 0 Å². The summed E-state index contributed by atoms with van der Waals surface area (Å²) in [5, 5.41) is 2.24.